The van der Waals surface area contributed by atoms with Crippen LogP contribution in [0, 0.1) is 15.9 Å². The number of amides is 1. The molecule has 1 heterocycles. The van der Waals surface area contributed by atoms with Crippen molar-refractivity contribution < 1.29 is 14.1 Å². The third-order valence-corrected chi connectivity index (χ3v) is 2.81. The lowest BCUT2D eigenvalue weighted by Gasteiger charge is -2.09. The lowest BCUT2D eigenvalue weighted by Crippen LogP contribution is -2.28. The first-order valence-corrected chi connectivity index (χ1v) is 5.97. The Morgan fingerprint density at radius 3 is 2.90 bits per heavy atom. The van der Waals surface area contributed by atoms with Gasteiger partial charge in [0.1, 0.15) is 17.1 Å². The molecule has 0 spiro atoms. The van der Waals surface area contributed by atoms with Gasteiger partial charge in [0.25, 0.3) is 11.6 Å². The van der Waals surface area contributed by atoms with Crippen LogP contribution in [0.5, 0.6) is 0 Å². The fourth-order valence-corrected chi connectivity index (χ4v) is 1.78. The van der Waals surface area contributed by atoms with Gasteiger partial charge >= 0.3 is 0 Å². The molecule has 9 heteroatoms. The molecule has 0 fully saturated rings. The molecule has 0 bridgehead atoms. The Bertz CT molecular complexity index is 672. The molecule has 1 aromatic heterocycles. The first kappa shape index (κ1) is 14.4. The zero-order chi connectivity index (χ0) is 15.4. The summed E-state index contributed by atoms with van der Waals surface area (Å²) in [6.07, 6.45) is 4.85. The molecule has 0 radical (unpaired) electrons. The fourth-order valence-electron chi connectivity index (χ4n) is 1.78. The number of nitro groups is 1. The maximum Gasteiger partial charge on any atom is 0.293 e. The number of aromatic nitrogens is 2. The number of nitro benzene ring substituents is 1. The predicted molar refractivity (Wildman–Crippen MR) is 72.0 cm³/mol. The zero-order valence-electron chi connectivity index (χ0n) is 10.8. The molecule has 2 aromatic rings. The average molecular weight is 293 g/mol. The predicted octanol–water partition coefficient (Wildman–Crippen LogP) is 0.943. The van der Waals surface area contributed by atoms with Crippen molar-refractivity contribution in [1.29, 1.82) is 0 Å². The summed E-state index contributed by atoms with van der Waals surface area (Å²) >= 11 is 0. The summed E-state index contributed by atoms with van der Waals surface area (Å²) in [6.45, 7) is 0.638. The van der Waals surface area contributed by atoms with Gasteiger partial charge in [0.05, 0.1) is 11.3 Å². The molecule has 0 aliphatic heterocycles. The quantitative estimate of drug-likeness (QED) is 0.483. The van der Waals surface area contributed by atoms with Gasteiger partial charge in [-0.1, -0.05) is 0 Å². The number of anilines is 1. The number of nitrogens with two attached hydrogens (primary N) is 1. The number of benzene rings is 1. The molecule has 0 aliphatic carbocycles. The fraction of sp³-hybridized carbons (Fsp3) is 0.167. The van der Waals surface area contributed by atoms with E-state index >= 15 is 0 Å². The van der Waals surface area contributed by atoms with Crippen molar-refractivity contribution in [2.45, 2.75) is 6.54 Å². The Labute approximate surface area is 118 Å². The van der Waals surface area contributed by atoms with Gasteiger partial charge in [0, 0.05) is 31.5 Å². The van der Waals surface area contributed by atoms with E-state index in [-0.39, 0.29) is 6.54 Å². The zero-order valence-corrected chi connectivity index (χ0v) is 10.8. The van der Waals surface area contributed by atoms with Crippen molar-refractivity contribution in [2.24, 2.45) is 0 Å². The maximum atomic E-state index is 13.7. The number of imidazole rings is 1. The Balaban J connectivity index is 2.11. The number of hydrogen-bond acceptors (Lipinski definition) is 5. The van der Waals surface area contributed by atoms with Gasteiger partial charge in [0.15, 0.2) is 0 Å². The molecule has 1 aromatic carbocycles. The monoisotopic (exact) mass is 293 g/mol. The van der Waals surface area contributed by atoms with Crippen LogP contribution in [0.4, 0.5) is 15.8 Å². The average Bonchev–Trinajstić information content (AvgIpc) is 2.91. The number of hydrogen-bond donors (Lipinski definition) is 2. The molecule has 1 amide bonds. The minimum Gasteiger partial charge on any atom is -0.392 e. The molecule has 0 unspecified atom stereocenters. The van der Waals surface area contributed by atoms with Crippen LogP contribution in [0.15, 0.2) is 30.9 Å². The molecule has 0 atom stereocenters. The maximum absolute atomic E-state index is 13.7. The van der Waals surface area contributed by atoms with Gasteiger partial charge in [-0.3, -0.25) is 14.9 Å². The second kappa shape index (κ2) is 5.99. The lowest BCUT2D eigenvalue weighted by molar-refractivity contribution is -0.384. The first-order chi connectivity index (χ1) is 10.0. The Morgan fingerprint density at radius 1 is 1.52 bits per heavy atom. The largest absolute Gasteiger partial charge is 0.392 e. The number of nitrogens with zero attached hydrogens (tertiary/aromatic N) is 3. The van der Waals surface area contributed by atoms with Crippen molar-refractivity contribution >= 4 is 17.3 Å². The standard InChI is InChI=1S/C12H12FN5O3/c13-8-1-2-9(18(20)21)11(14)10(8)12(19)16-4-6-17-5-3-15-7-17/h1-3,5,7H,4,6,14H2,(H,16,19). The molecule has 8 nitrogen and oxygen atoms in total. The summed E-state index contributed by atoms with van der Waals surface area (Å²) in [6, 6.07) is 1.77. The normalized spacial score (nSPS) is 10.3. The van der Waals surface area contributed by atoms with Crippen LogP contribution in [-0.4, -0.2) is 26.9 Å². The van der Waals surface area contributed by atoms with E-state index in [0.717, 1.165) is 12.1 Å². The topological polar surface area (TPSA) is 116 Å². The summed E-state index contributed by atoms with van der Waals surface area (Å²) < 4.78 is 15.4. The smallest absolute Gasteiger partial charge is 0.293 e. The van der Waals surface area contributed by atoms with Crippen molar-refractivity contribution in [3.8, 4) is 0 Å². The van der Waals surface area contributed by atoms with Crippen molar-refractivity contribution in [3.05, 3.63) is 52.3 Å². The minimum absolute atomic E-state index is 0.205. The third-order valence-electron chi connectivity index (χ3n) is 2.81. The van der Waals surface area contributed by atoms with Crippen LogP contribution in [-0.2, 0) is 6.54 Å². The van der Waals surface area contributed by atoms with Crippen molar-refractivity contribution in [3.63, 3.8) is 0 Å². The van der Waals surface area contributed by atoms with Crippen LogP contribution in [0.3, 0.4) is 0 Å². The highest BCUT2D eigenvalue weighted by Gasteiger charge is 2.23. The Kier molecular flexibility index (Phi) is 4.12. The van der Waals surface area contributed by atoms with Crippen LogP contribution in [0.1, 0.15) is 10.4 Å². The van der Waals surface area contributed by atoms with Crippen molar-refractivity contribution in [1.82, 2.24) is 14.9 Å². The Morgan fingerprint density at radius 2 is 2.29 bits per heavy atom. The van der Waals surface area contributed by atoms with E-state index < -0.39 is 33.6 Å². The number of carbonyl (C=O) groups is 1. The van der Waals surface area contributed by atoms with E-state index in [2.05, 4.69) is 10.3 Å². The SMILES string of the molecule is Nc1c([N+](=O)[O-])ccc(F)c1C(=O)NCCn1ccnc1. The van der Waals surface area contributed by atoms with Gasteiger partial charge in [-0.05, 0) is 6.07 Å². The molecule has 2 rings (SSSR count). The van der Waals surface area contributed by atoms with E-state index in [1.165, 1.54) is 0 Å². The summed E-state index contributed by atoms with van der Waals surface area (Å²) in [4.78, 5) is 25.7. The van der Waals surface area contributed by atoms with E-state index in [0.29, 0.717) is 6.54 Å². The lowest BCUT2D eigenvalue weighted by atomic mass is 10.1. The van der Waals surface area contributed by atoms with E-state index in [1.54, 1.807) is 23.3 Å². The summed E-state index contributed by atoms with van der Waals surface area (Å²) in [7, 11) is 0. The van der Waals surface area contributed by atoms with Crippen LogP contribution >= 0.6 is 0 Å². The number of nitrogen functional groups attached to an aromatic ring is 1. The molecule has 21 heavy (non-hydrogen) atoms. The highest BCUT2D eigenvalue weighted by Crippen LogP contribution is 2.27. The number of carbonyl (C=O) groups excluding carboxylic acids is 1. The molecule has 110 valence electrons. The Hall–Kier alpha value is -2.97. The highest BCUT2D eigenvalue weighted by atomic mass is 19.1. The minimum atomic E-state index is -0.904. The van der Waals surface area contributed by atoms with Gasteiger partial charge in [-0.2, -0.15) is 0 Å². The van der Waals surface area contributed by atoms with Gasteiger partial charge in [0.2, 0.25) is 0 Å². The molecular weight excluding hydrogens is 281 g/mol. The second-order valence-corrected chi connectivity index (χ2v) is 4.17. The summed E-state index contributed by atoms with van der Waals surface area (Å²) in [5.74, 6) is -1.70. The van der Waals surface area contributed by atoms with Crippen molar-refractivity contribution in [2.75, 3.05) is 12.3 Å². The van der Waals surface area contributed by atoms with Crippen LogP contribution in [0.25, 0.3) is 0 Å². The van der Waals surface area contributed by atoms with E-state index in [4.69, 9.17) is 5.73 Å². The molecule has 0 aliphatic rings. The second-order valence-electron chi connectivity index (χ2n) is 4.17. The van der Waals surface area contributed by atoms with Crippen LogP contribution in [0.2, 0.25) is 0 Å². The number of rotatable bonds is 5. The summed E-state index contributed by atoms with van der Waals surface area (Å²) in [5, 5.41) is 13.2. The first-order valence-electron chi connectivity index (χ1n) is 5.97. The molecular formula is C12H12FN5O3. The number of nitrogens with one attached hydrogen (secondary N) is 1. The van der Waals surface area contributed by atoms with Gasteiger partial charge in [-0.15, -0.1) is 0 Å². The highest BCUT2D eigenvalue weighted by molar-refractivity contribution is 6.01. The summed E-state index contributed by atoms with van der Waals surface area (Å²) in [5.41, 5.74) is 3.99. The third kappa shape index (κ3) is 3.14. The molecule has 0 saturated heterocycles. The van der Waals surface area contributed by atoms with Gasteiger partial charge in [-0.25, -0.2) is 9.37 Å². The molecule has 0 saturated carbocycles. The van der Waals surface area contributed by atoms with E-state index in [1.807, 2.05) is 0 Å². The molecule has 3 N–H and O–H groups in total. The van der Waals surface area contributed by atoms with Gasteiger partial charge < -0.3 is 15.6 Å². The number of halogens is 1. The van der Waals surface area contributed by atoms with Crippen LogP contribution < -0.4 is 11.1 Å². The van der Waals surface area contributed by atoms with E-state index in [9.17, 15) is 19.3 Å².